The van der Waals surface area contributed by atoms with Gasteiger partial charge in [0.05, 0.1) is 5.03 Å². The minimum Gasteiger partial charge on any atom is -0.311 e. The first-order valence-electron chi connectivity index (χ1n) is 7.71. The van der Waals surface area contributed by atoms with E-state index in [0.717, 1.165) is 0 Å². The summed E-state index contributed by atoms with van der Waals surface area (Å²) in [6.07, 6.45) is 2.14. The molecule has 2 heterocycles. The molecule has 2 aromatic carbocycles. The lowest BCUT2D eigenvalue weighted by Crippen LogP contribution is -1.87. The first-order valence-corrected chi connectivity index (χ1v) is 8.53. The van der Waals surface area contributed by atoms with Crippen LogP contribution in [0.5, 0.6) is 0 Å². The average Bonchev–Trinajstić information content (AvgIpc) is 2.95. The van der Waals surface area contributed by atoms with Crippen LogP contribution in [0, 0.1) is 6.92 Å². The van der Waals surface area contributed by atoms with Gasteiger partial charge in [0.15, 0.2) is 0 Å². The lowest BCUT2D eigenvalue weighted by Gasteiger charge is -2.07. The monoisotopic (exact) mass is 315 g/mol. The normalized spacial score (nSPS) is 11.0. The summed E-state index contributed by atoms with van der Waals surface area (Å²) < 4.78 is 2.27. The third-order valence-electron chi connectivity index (χ3n) is 3.92. The van der Waals surface area contributed by atoms with Gasteiger partial charge in [0.1, 0.15) is 0 Å². The predicted octanol–water partition coefficient (Wildman–Crippen LogP) is 6.07. The second-order valence-electron chi connectivity index (χ2n) is 5.64. The van der Waals surface area contributed by atoms with E-state index in [1.165, 1.54) is 32.1 Å². The van der Waals surface area contributed by atoms with Crippen LogP contribution in [-0.2, 0) is 0 Å². The van der Waals surface area contributed by atoms with E-state index in [1.807, 2.05) is 11.8 Å². The summed E-state index contributed by atoms with van der Waals surface area (Å²) >= 11 is 1.82. The van der Waals surface area contributed by atoms with Crippen LogP contribution in [0.3, 0.4) is 0 Å². The molecule has 0 radical (unpaired) electrons. The van der Waals surface area contributed by atoms with Crippen molar-refractivity contribution in [2.75, 3.05) is 0 Å². The van der Waals surface area contributed by atoms with Gasteiger partial charge in [-0.25, -0.2) is 0 Å². The number of benzene rings is 2. The smallest absolute Gasteiger partial charge is 0.0922 e. The SMILES string of the molecule is Cc1cccc(Sc2c(-c3ccccc3)cc3ccccn23)c1. The molecular formula is C21H17NS. The zero-order valence-corrected chi connectivity index (χ0v) is 13.8. The van der Waals surface area contributed by atoms with E-state index in [9.17, 15) is 0 Å². The number of rotatable bonds is 3. The summed E-state index contributed by atoms with van der Waals surface area (Å²) in [5.41, 5.74) is 5.05. The summed E-state index contributed by atoms with van der Waals surface area (Å²) in [5.74, 6) is 0. The Hall–Kier alpha value is -2.45. The van der Waals surface area contributed by atoms with E-state index in [1.54, 1.807) is 0 Å². The molecule has 2 aromatic heterocycles. The van der Waals surface area contributed by atoms with Crippen molar-refractivity contribution < 1.29 is 0 Å². The second-order valence-corrected chi connectivity index (χ2v) is 6.71. The summed E-state index contributed by atoms with van der Waals surface area (Å²) in [4.78, 5) is 1.27. The van der Waals surface area contributed by atoms with Crippen LogP contribution in [0.1, 0.15) is 5.56 Å². The molecule has 0 spiro atoms. The third-order valence-corrected chi connectivity index (χ3v) is 5.02. The Bertz CT molecular complexity index is 954. The van der Waals surface area contributed by atoms with Crippen LogP contribution < -0.4 is 0 Å². The first-order chi connectivity index (χ1) is 11.3. The molecule has 0 aliphatic carbocycles. The molecule has 0 saturated carbocycles. The maximum Gasteiger partial charge on any atom is 0.0922 e. The van der Waals surface area contributed by atoms with Crippen molar-refractivity contribution >= 4 is 17.3 Å². The third kappa shape index (κ3) is 2.78. The number of nitrogens with zero attached hydrogens (tertiary/aromatic N) is 1. The zero-order chi connectivity index (χ0) is 15.6. The minimum absolute atomic E-state index is 1.22. The van der Waals surface area contributed by atoms with Crippen molar-refractivity contribution in [3.63, 3.8) is 0 Å². The van der Waals surface area contributed by atoms with Crippen molar-refractivity contribution in [3.05, 3.63) is 90.6 Å². The molecule has 0 saturated heterocycles. The Morgan fingerprint density at radius 1 is 0.783 bits per heavy atom. The van der Waals surface area contributed by atoms with Gasteiger partial charge >= 0.3 is 0 Å². The van der Waals surface area contributed by atoms with Gasteiger partial charge in [-0.1, -0.05) is 65.9 Å². The van der Waals surface area contributed by atoms with E-state index >= 15 is 0 Å². The molecule has 23 heavy (non-hydrogen) atoms. The van der Waals surface area contributed by atoms with E-state index in [4.69, 9.17) is 0 Å². The molecule has 0 amide bonds. The first kappa shape index (κ1) is 14.2. The second kappa shape index (κ2) is 5.98. The van der Waals surface area contributed by atoms with Crippen LogP contribution >= 0.6 is 11.8 Å². The Labute approximate surface area is 140 Å². The van der Waals surface area contributed by atoms with Crippen molar-refractivity contribution in [2.45, 2.75) is 16.8 Å². The van der Waals surface area contributed by atoms with Crippen molar-refractivity contribution in [3.8, 4) is 11.1 Å². The van der Waals surface area contributed by atoms with Crippen LogP contribution in [0.15, 0.2) is 95.0 Å². The molecule has 4 rings (SSSR count). The predicted molar refractivity (Wildman–Crippen MR) is 98.1 cm³/mol. The topological polar surface area (TPSA) is 4.41 Å². The zero-order valence-electron chi connectivity index (χ0n) is 12.9. The Balaban J connectivity index is 1.89. The highest BCUT2D eigenvalue weighted by Crippen LogP contribution is 2.38. The molecule has 1 nitrogen and oxygen atoms in total. The fourth-order valence-corrected chi connectivity index (χ4v) is 3.98. The molecule has 112 valence electrons. The molecule has 0 unspecified atom stereocenters. The number of pyridine rings is 1. The molecule has 0 bridgehead atoms. The highest BCUT2D eigenvalue weighted by atomic mass is 32.2. The summed E-state index contributed by atoms with van der Waals surface area (Å²) in [7, 11) is 0. The van der Waals surface area contributed by atoms with Gasteiger partial charge < -0.3 is 4.40 Å². The molecular weight excluding hydrogens is 298 g/mol. The lowest BCUT2D eigenvalue weighted by atomic mass is 10.1. The maximum atomic E-state index is 2.27. The van der Waals surface area contributed by atoms with Crippen LogP contribution in [0.4, 0.5) is 0 Å². The lowest BCUT2D eigenvalue weighted by molar-refractivity contribution is 1.05. The summed E-state index contributed by atoms with van der Waals surface area (Å²) in [6, 6.07) is 27.9. The molecule has 4 aromatic rings. The van der Waals surface area contributed by atoms with Crippen molar-refractivity contribution in [2.24, 2.45) is 0 Å². The molecule has 0 fully saturated rings. The quantitative estimate of drug-likeness (QED) is 0.444. The highest BCUT2D eigenvalue weighted by Gasteiger charge is 2.13. The molecule has 2 heteroatoms. The minimum atomic E-state index is 1.22. The molecule has 0 aliphatic heterocycles. The van der Waals surface area contributed by atoms with Gasteiger partial charge in [-0.3, -0.25) is 0 Å². The van der Waals surface area contributed by atoms with Gasteiger partial charge in [0.2, 0.25) is 0 Å². The Morgan fingerprint density at radius 3 is 2.43 bits per heavy atom. The van der Waals surface area contributed by atoms with Crippen LogP contribution in [0.2, 0.25) is 0 Å². The number of hydrogen-bond acceptors (Lipinski definition) is 1. The number of aryl methyl sites for hydroxylation is 1. The van der Waals surface area contributed by atoms with Gasteiger partial charge in [0, 0.05) is 22.2 Å². The maximum absolute atomic E-state index is 2.27. The van der Waals surface area contributed by atoms with Crippen molar-refractivity contribution in [1.29, 1.82) is 0 Å². The fraction of sp³-hybridized carbons (Fsp3) is 0.0476. The Morgan fingerprint density at radius 2 is 1.61 bits per heavy atom. The standard InChI is InChI=1S/C21H17NS/c1-16-8-7-12-19(14-16)23-21-20(17-9-3-2-4-10-17)15-18-11-5-6-13-22(18)21/h2-15H,1H3. The van der Waals surface area contributed by atoms with Gasteiger partial charge in [-0.15, -0.1) is 0 Å². The molecule has 0 atom stereocenters. The summed E-state index contributed by atoms with van der Waals surface area (Å²) in [5, 5.41) is 1.26. The van der Waals surface area contributed by atoms with Crippen molar-refractivity contribution in [1.82, 2.24) is 4.40 Å². The van der Waals surface area contributed by atoms with Gasteiger partial charge in [-0.2, -0.15) is 0 Å². The van der Waals surface area contributed by atoms with E-state index in [2.05, 4.69) is 96.4 Å². The molecule has 0 N–H and O–H groups in total. The highest BCUT2D eigenvalue weighted by molar-refractivity contribution is 7.99. The number of hydrogen-bond donors (Lipinski definition) is 0. The molecule has 0 aliphatic rings. The van der Waals surface area contributed by atoms with Crippen LogP contribution in [0.25, 0.3) is 16.6 Å². The average molecular weight is 315 g/mol. The van der Waals surface area contributed by atoms with E-state index in [-0.39, 0.29) is 0 Å². The van der Waals surface area contributed by atoms with Crippen LogP contribution in [-0.4, -0.2) is 4.40 Å². The van der Waals surface area contributed by atoms with E-state index in [0.29, 0.717) is 0 Å². The van der Waals surface area contributed by atoms with Gasteiger partial charge in [0.25, 0.3) is 0 Å². The number of fused-ring (bicyclic) bond motifs is 1. The Kier molecular flexibility index (Phi) is 3.68. The van der Waals surface area contributed by atoms with E-state index < -0.39 is 0 Å². The number of aromatic nitrogens is 1. The fourth-order valence-electron chi connectivity index (χ4n) is 2.82. The van der Waals surface area contributed by atoms with Gasteiger partial charge in [-0.05, 0) is 42.8 Å². The summed E-state index contributed by atoms with van der Waals surface area (Å²) in [6.45, 7) is 2.14. The largest absolute Gasteiger partial charge is 0.311 e.